The predicted octanol–water partition coefficient (Wildman–Crippen LogP) is 4.95. The molecule has 0 aliphatic rings. The summed E-state index contributed by atoms with van der Waals surface area (Å²) in [6, 6.07) is 9.49. The van der Waals surface area contributed by atoms with Crippen molar-refractivity contribution in [2.45, 2.75) is 19.1 Å². The summed E-state index contributed by atoms with van der Waals surface area (Å²) < 4.78 is 60.6. The van der Waals surface area contributed by atoms with Gasteiger partial charge in [-0.2, -0.15) is 13.2 Å². The monoisotopic (exact) mass is 488 g/mol. The number of nitrogens with two attached hydrogens (primary N) is 1. The molecule has 1 amide bonds. The van der Waals surface area contributed by atoms with Gasteiger partial charge in [0.1, 0.15) is 23.1 Å². The van der Waals surface area contributed by atoms with Crippen molar-refractivity contribution in [1.29, 1.82) is 0 Å². The third-order valence-electron chi connectivity index (χ3n) is 5.02. The number of carbonyl (C=O) groups is 1. The fourth-order valence-electron chi connectivity index (χ4n) is 3.19. The summed E-state index contributed by atoms with van der Waals surface area (Å²) in [5.74, 6) is -0.0540. The molecule has 1 atom stereocenters. The molecule has 2 aromatic heterocycles. The van der Waals surface area contributed by atoms with E-state index in [1.165, 1.54) is 12.3 Å². The highest BCUT2D eigenvalue weighted by Crippen LogP contribution is 2.33. The van der Waals surface area contributed by atoms with Crippen LogP contribution in [0.4, 0.5) is 35.0 Å². The number of anilines is 3. The maximum absolute atomic E-state index is 14.2. The molecule has 0 aliphatic carbocycles. The number of fused-ring (bicyclic) bond motifs is 1. The van der Waals surface area contributed by atoms with Crippen molar-refractivity contribution < 1.29 is 27.1 Å². The van der Waals surface area contributed by atoms with Gasteiger partial charge in [-0.05, 0) is 43.3 Å². The van der Waals surface area contributed by atoms with E-state index in [0.717, 1.165) is 6.07 Å². The van der Waals surface area contributed by atoms with E-state index in [1.807, 2.05) is 0 Å². The SMILES string of the molecule is C[C@H](N)C(=O)Nc1cc(Oc2ccc3c(c2)nc(Nc2cc(C(F)(F)F)ccc2F)n3C)ccn1. The van der Waals surface area contributed by atoms with E-state index in [9.17, 15) is 22.4 Å². The molecule has 0 unspecified atom stereocenters. The van der Waals surface area contributed by atoms with Crippen LogP contribution in [0.3, 0.4) is 0 Å². The van der Waals surface area contributed by atoms with Gasteiger partial charge in [0.15, 0.2) is 0 Å². The van der Waals surface area contributed by atoms with Gasteiger partial charge in [0.25, 0.3) is 0 Å². The number of halogens is 4. The molecule has 4 aromatic rings. The van der Waals surface area contributed by atoms with Gasteiger partial charge >= 0.3 is 6.18 Å². The van der Waals surface area contributed by atoms with Crippen molar-refractivity contribution in [3.8, 4) is 11.5 Å². The van der Waals surface area contributed by atoms with Crippen LogP contribution in [-0.4, -0.2) is 26.5 Å². The number of amides is 1. The third kappa shape index (κ3) is 5.32. The van der Waals surface area contributed by atoms with Crippen LogP contribution in [0, 0.1) is 5.82 Å². The number of nitrogens with one attached hydrogen (secondary N) is 2. The van der Waals surface area contributed by atoms with Crippen LogP contribution in [0.15, 0.2) is 54.7 Å². The van der Waals surface area contributed by atoms with E-state index in [2.05, 4.69) is 20.6 Å². The Bertz CT molecular complexity index is 1400. The lowest BCUT2D eigenvalue weighted by molar-refractivity contribution is -0.137. The van der Waals surface area contributed by atoms with Crippen molar-refractivity contribution in [2.24, 2.45) is 12.8 Å². The molecule has 2 aromatic carbocycles. The summed E-state index contributed by atoms with van der Waals surface area (Å²) in [6.07, 6.45) is -3.15. The number of hydrogen-bond donors (Lipinski definition) is 3. The molecule has 0 aliphatic heterocycles. The molecule has 0 saturated heterocycles. The number of imidazole rings is 1. The Balaban J connectivity index is 1.58. The molecule has 4 N–H and O–H groups in total. The van der Waals surface area contributed by atoms with Crippen LogP contribution >= 0.6 is 0 Å². The summed E-state index contributed by atoms with van der Waals surface area (Å²) in [5.41, 5.74) is 5.29. The highest BCUT2D eigenvalue weighted by molar-refractivity contribution is 5.93. The lowest BCUT2D eigenvalue weighted by Crippen LogP contribution is -2.32. The third-order valence-corrected chi connectivity index (χ3v) is 5.02. The van der Waals surface area contributed by atoms with E-state index in [0.29, 0.717) is 34.7 Å². The Morgan fingerprint density at radius 2 is 1.86 bits per heavy atom. The molecule has 4 rings (SSSR count). The van der Waals surface area contributed by atoms with Crippen LogP contribution in [0.1, 0.15) is 12.5 Å². The second kappa shape index (κ2) is 9.22. The smallest absolute Gasteiger partial charge is 0.416 e. The molecule has 0 radical (unpaired) electrons. The van der Waals surface area contributed by atoms with Gasteiger partial charge < -0.3 is 25.7 Å². The first-order chi connectivity index (χ1) is 16.5. The minimum atomic E-state index is -4.61. The van der Waals surface area contributed by atoms with Gasteiger partial charge in [-0.3, -0.25) is 4.79 Å². The summed E-state index contributed by atoms with van der Waals surface area (Å²) >= 11 is 0. The van der Waals surface area contributed by atoms with Crippen molar-refractivity contribution >= 4 is 34.4 Å². The molecule has 0 bridgehead atoms. The first-order valence-corrected chi connectivity index (χ1v) is 10.3. The highest BCUT2D eigenvalue weighted by atomic mass is 19.4. The van der Waals surface area contributed by atoms with Crippen LogP contribution in [0.5, 0.6) is 11.5 Å². The Hall–Kier alpha value is -4.19. The lowest BCUT2D eigenvalue weighted by Gasteiger charge is -2.11. The Morgan fingerprint density at radius 1 is 1.11 bits per heavy atom. The molecule has 12 heteroatoms. The fourth-order valence-corrected chi connectivity index (χ4v) is 3.19. The number of ether oxygens (including phenoxy) is 1. The Morgan fingerprint density at radius 3 is 2.57 bits per heavy atom. The van der Waals surface area contributed by atoms with Gasteiger partial charge in [0, 0.05) is 25.4 Å². The Labute approximate surface area is 196 Å². The number of rotatable bonds is 6. The quantitative estimate of drug-likeness (QED) is 0.332. The number of aryl methyl sites for hydroxylation is 1. The molecular weight excluding hydrogens is 468 g/mol. The zero-order valence-electron chi connectivity index (χ0n) is 18.5. The average molecular weight is 488 g/mol. The second-order valence-corrected chi connectivity index (χ2v) is 7.72. The van der Waals surface area contributed by atoms with Crippen LogP contribution in [0.25, 0.3) is 11.0 Å². The van der Waals surface area contributed by atoms with Crippen molar-refractivity contribution in [1.82, 2.24) is 14.5 Å². The van der Waals surface area contributed by atoms with Crippen LogP contribution in [0.2, 0.25) is 0 Å². The lowest BCUT2D eigenvalue weighted by atomic mass is 10.2. The molecule has 0 fully saturated rings. The number of pyridine rings is 1. The van der Waals surface area contributed by atoms with Gasteiger partial charge in [0.2, 0.25) is 11.9 Å². The van der Waals surface area contributed by atoms with E-state index < -0.39 is 29.5 Å². The van der Waals surface area contributed by atoms with E-state index in [-0.39, 0.29) is 17.5 Å². The normalized spacial score (nSPS) is 12.4. The number of benzene rings is 2. The molecule has 2 heterocycles. The molecule has 0 spiro atoms. The van der Waals surface area contributed by atoms with Crippen molar-refractivity contribution in [3.63, 3.8) is 0 Å². The topological polar surface area (TPSA) is 107 Å². The summed E-state index contributed by atoms with van der Waals surface area (Å²) in [6.45, 7) is 1.54. The van der Waals surface area contributed by atoms with Gasteiger partial charge in [0.05, 0.1) is 28.3 Å². The van der Waals surface area contributed by atoms with Crippen LogP contribution < -0.4 is 21.1 Å². The van der Waals surface area contributed by atoms with Gasteiger partial charge in [-0.15, -0.1) is 0 Å². The predicted molar refractivity (Wildman–Crippen MR) is 122 cm³/mol. The van der Waals surface area contributed by atoms with Crippen LogP contribution in [-0.2, 0) is 18.0 Å². The van der Waals surface area contributed by atoms with Crippen molar-refractivity contribution in [3.05, 3.63) is 66.1 Å². The summed E-state index contributed by atoms with van der Waals surface area (Å²) in [7, 11) is 1.64. The van der Waals surface area contributed by atoms with E-state index in [4.69, 9.17) is 10.5 Å². The number of aromatic nitrogens is 3. The average Bonchev–Trinajstić information content (AvgIpc) is 3.09. The summed E-state index contributed by atoms with van der Waals surface area (Å²) in [4.78, 5) is 20.2. The zero-order valence-corrected chi connectivity index (χ0v) is 18.5. The second-order valence-electron chi connectivity index (χ2n) is 7.72. The number of nitrogens with zero attached hydrogens (tertiary/aromatic N) is 3. The number of hydrogen-bond acceptors (Lipinski definition) is 6. The molecule has 8 nitrogen and oxygen atoms in total. The first kappa shape index (κ1) is 24.0. The summed E-state index contributed by atoms with van der Waals surface area (Å²) in [5, 5.41) is 5.19. The highest BCUT2D eigenvalue weighted by Gasteiger charge is 2.31. The zero-order chi connectivity index (χ0) is 25.3. The molecule has 182 valence electrons. The fraction of sp³-hybridized carbons (Fsp3) is 0.174. The molecular formula is C23H20F4N6O2. The molecule has 0 saturated carbocycles. The number of alkyl halides is 3. The number of carbonyl (C=O) groups excluding carboxylic acids is 1. The largest absolute Gasteiger partial charge is 0.457 e. The molecule has 35 heavy (non-hydrogen) atoms. The van der Waals surface area contributed by atoms with Crippen molar-refractivity contribution in [2.75, 3.05) is 10.6 Å². The van der Waals surface area contributed by atoms with E-state index in [1.54, 1.807) is 42.8 Å². The first-order valence-electron chi connectivity index (χ1n) is 10.3. The minimum Gasteiger partial charge on any atom is -0.457 e. The Kier molecular flexibility index (Phi) is 6.31. The maximum Gasteiger partial charge on any atom is 0.416 e. The van der Waals surface area contributed by atoms with Gasteiger partial charge in [-0.25, -0.2) is 14.4 Å². The minimum absolute atomic E-state index is 0.139. The van der Waals surface area contributed by atoms with Gasteiger partial charge in [-0.1, -0.05) is 0 Å². The van der Waals surface area contributed by atoms with E-state index >= 15 is 0 Å². The standard InChI is InChI=1S/C23H20F4N6O2/c1-12(28)21(34)32-20-11-15(7-8-29-20)35-14-4-6-19-18(10-14)31-22(33(19)2)30-17-9-13(23(25,26)27)3-5-16(17)24/h3-12H,28H2,1-2H3,(H,30,31)(H,29,32,34)/t12-/m0/s1. The maximum atomic E-state index is 14.2.